The van der Waals surface area contributed by atoms with E-state index in [9.17, 15) is 0 Å². The van der Waals surface area contributed by atoms with Crippen LogP contribution in [0.3, 0.4) is 0 Å². The van der Waals surface area contributed by atoms with Crippen LogP contribution >= 0.6 is 48.0 Å². The van der Waals surface area contributed by atoms with Crippen molar-refractivity contribution in [3.8, 4) is 0 Å². The molecule has 0 unspecified atom stereocenters. The Morgan fingerprint density at radius 3 is 2.57 bits per heavy atom. The van der Waals surface area contributed by atoms with Gasteiger partial charge in [0.25, 0.3) is 0 Å². The van der Waals surface area contributed by atoms with Crippen LogP contribution in [0, 0.1) is 0 Å². The second-order valence-corrected chi connectivity index (χ2v) is 5.48. The fourth-order valence-corrected chi connectivity index (χ4v) is 2.55. The molecule has 2 rings (SSSR count). The van der Waals surface area contributed by atoms with Crippen LogP contribution in [-0.4, -0.2) is 44.3 Å². The summed E-state index contributed by atoms with van der Waals surface area (Å²) in [5, 5.41) is 4.69. The van der Waals surface area contributed by atoms with Crippen molar-refractivity contribution >= 4 is 48.0 Å². The first-order valence-corrected chi connectivity index (χ1v) is 7.46. The molecule has 7 heteroatoms. The van der Waals surface area contributed by atoms with Crippen molar-refractivity contribution in [2.45, 2.75) is 13.0 Å². The summed E-state index contributed by atoms with van der Waals surface area (Å²) < 4.78 is 5.32. The highest BCUT2D eigenvalue weighted by molar-refractivity contribution is 6.42. The van der Waals surface area contributed by atoms with Gasteiger partial charge in [0.15, 0.2) is 0 Å². The molecule has 1 aromatic carbocycles. The maximum absolute atomic E-state index is 6.13. The normalized spacial score (nSPS) is 15.1. The lowest BCUT2D eigenvalue weighted by Gasteiger charge is -2.26. The highest BCUT2D eigenvalue weighted by atomic mass is 35.5. The molecule has 0 saturated carbocycles. The molecule has 1 heterocycles. The zero-order valence-corrected chi connectivity index (χ0v) is 15.0. The number of halogens is 4. The molecule has 0 radical (unpaired) electrons. The van der Waals surface area contributed by atoms with Crippen molar-refractivity contribution in [1.29, 1.82) is 0 Å². The first kappa shape index (κ1) is 21.3. The van der Waals surface area contributed by atoms with Gasteiger partial charge < -0.3 is 10.1 Å². The molecule has 1 aromatic rings. The first-order valence-electron chi connectivity index (χ1n) is 6.71. The van der Waals surface area contributed by atoms with Crippen LogP contribution in [0.15, 0.2) is 18.2 Å². The Bertz CT molecular complexity index is 401. The van der Waals surface area contributed by atoms with Gasteiger partial charge in [-0.15, -0.1) is 24.8 Å². The third-order valence-electron chi connectivity index (χ3n) is 3.28. The molecule has 3 nitrogen and oxygen atoms in total. The molecular formula is C14H22Cl4N2O. The fraction of sp³-hybridized carbons (Fsp3) is 0.571. The number of hydrogen-bond donors (Lipinski definition) is 1. The highest BCUT2D eigenvalue weighted by Gasteiger charge is 2.09. The van der Waals surface area contributed by atoms with Crippen LogP contribution in [0.5, 0.6) is 0 Å². The first-order chi connectivity index (χ1) is 9.27. The van der Waals surface area contributed by atoms with Crippen LogP contribution in [0.4, 0.5) is 0 Å². The predicted octanol–water partition coefficient (Wildman–Crippen LogP) is 3.65. The molecule has 0 bridgehead atoms. The highest BCUT2D eigenvalue weighted by Crippen LogP contribution is 2.25. The number of hydrogen-bond acceptors (Lipinski definition) is 3. The monoisotopic (exact) mass is 374 g/mol. The summed E-state index contributed by atoms with van der Waals surface area (Å²) in [5.74, 6) is 0. The van der Waals surface area contributed by atoms with E-state index in [1.54, 1.807) is 0 Å². The number of ether oxygens (including phenoxy) is 1. The van der Waals surface area contributed by atoms with E-state index in [2.05, 4.69) is 10.2 Å². The topological polar surface area (TPSA) is 24.5 Å². The second-order valence-electron chi connectivity index (χ2n) is 4.70. The minimum atomic E-state index is 0. The summed E-state index contributed by atoms with van der Waals surface area (Å²) in [6, 6.07) is 5.74. The van der Waals surface area contributed by atoms with Crippen molar-refractivity contribution in [2.75, 3.05) is 39.4 Å². The van der Waals surface area contributed by atoms with Crippen LogP contribution in [0.25, 0.3) is 0 Å². The molecule has 0 amide bonds. The largest absolute Gasteiger partial charge is 0.379 e. The minimum Gasteiger partial charge on any atom is -0.379 e. The number of rotatable bonds is 6. The summed E-state index contributed by atoms with van der Waals surface area (Å²) in [4.78, 5) is 2.44. The lowest BCUT2D eigenvalue weighted by molar-refractivity contribution is 0.0374. The zero-order chi connectivity index (χ0) is 13.5. The van der Waals surface area contributed by atoms with Crippen LogP contribution in [-0.2, 0) is 11.3 Å². The van der Waals surface area contributed by atoms with Gasteiger partial charge in [-0.1, -0.05) is 35.3 Å². The second kappa shape index (κ2) is 11.8. The van der Waals surface area contributed by atoms with E-state index < -0.39 is 0 Å². The van der Waals surface area contributed by atoms with Gasteiger partial charge in [0.2, 0.25) is 0 Å². The van der Waals surface area contributed by atoms with E-state index in [4.69, 9.17) is 27.9 Å². The SMILES string of the molecule is Cl.Cl.Clc1cccc(CNCCCN2CCOCC2)c1Cl. The van der Waals surface area contributed by atoms with E-state index in [1.165, 1.54) is 0 Å². The van der Waals surface area contributed by atoms with Gasteiger partial charge in [0, 0.05) is 19.6 Å². The number of morpholine rings is 1. The Labute approximate surface area is 149 Å². The van der Waals surface area contributed by atoms with Gasteiger partial charge >= 0.3 is 0 Å². The smallest absolute Gasteiger partial charge is 0.0637 e. The predicted molar refractivity (Wildman–Crippen MR) is 94.5 cm³/mol. The summed E-state index contributed by atoms with van der Waals surface area (Å²) in [6.07, 6.45) is 1.14. The molecule has 1 aliphatic heterocycles. The molecule has 21 heavy (non-hydrogen) atoms. The Morgan fingerprint density at radius 2 is 1.86 bits per heavy atom. The summed E-state index contributed by atoms with van der Waals surface area (Å²) in [7, 11) is 0. The van der Waals surface area contributed by atoms with Crippen LogP contribution < -0.4 is 5.32 Å². The van der Waals surface area contributed by atoms with Crippen molar-refractivity contribution in [2.24, 2.45) is 0 Å². The summed E-state index contributed by atoms with van der Waals surface area (Å²) >= 11 is 12.1. The Kier molecular flexibility index (Phi) is 11.9. The van der Waals surface area contributed by atoms with Crippen molar-refractivity contribution < 1.29 is 4.74 Å². The average Bonchev–Trinajstić information content (AvgIpc) is 2.44. The summed E-state index contributed by atoms with van der Waals surface area (Å²) in [5.41, 5.74) is 1.06. The molecule has 1 saturated heterocycles. The van der Waals surface area contributed by atoms with Gasteiger partial charge in [-0.25, -0.2) is 0 Å². The molecule has 0 aromatic heterocycles. The van der Waals surface area contributed by atoms with Crippen molar-refractivity contribution in [3.05, 3.63) is 33.8 Å². The van der Waals surface area contributed by atoms with Crippen molar-refractivity contribution in [1.82, 2.24) is 10.2 Å². The van der Waals surface area contributed by atoms with Gasteiger partial charge in [-0.3, -0.25) is 4.90 Å². The molecular weight excluding hydrogens is 354 g/mol. The zero-order valence-electron chi connectivity index (χ0n) is 11.8. The van der Waals surface area contributed by atoms with E-state index in [0.717, 1.165) is 57.9 Å². The van der Waals surface area contributed by atoms with E-state index in [1.807, 2.05) is 18.2 Å². The van der Waals surface area contributed by atoms with Crippen LogP contribution in [0.1, 0.15) is 12.0 Å². The van der Waals surface area contributed by atoms with Crippen LogP contribution in [0.2, 0.25) is 10.0 Å². The summed E-state index contributed by atoms with van der Waals surface area (Å²) in [6.45, 7) is 6.72. The lowest BCUT2D eigenvalue weighted by Crippen LogP contribution is -2.37. The number of nitrogens with zero attached hydrogens (tertiary/aromatic N) is 1. The van der Waals surface area contributed by atoms with E-state index >= 15 is 0 Å². The van der Waals surface area contributed by atoms with Gasteiger partial charge in [0.1, 0.15) is 0 Å². The maximum atomic E-state index is 6.13. The lowest BCUT2D eigenvalue weighted by atomic mass is 10.2. The molecule has 122 valence electrons. The molecule has 1 fully saturated rings. The third-order valence-corrected chi connectivity index (χ3v) is 4.14. The molecule has 0 spiro atoms. The Hall–Kier alpha value is 0.260. The molecule has 1 aliphatic rings. The maximum Gasteiger partial charge on any atom is 0.0637 e. The number of benzene rings is 1. The van der Waals surface area contributed by atoms with E-state index in [0.29, 0.717) is 10.0 Å². The van der Waals surface area contributed by atoms with E-state index in [-0.39, 0.29) is 24.8 Å². The Morgan fingerprint density at radius 1 is 1.14 bits per heavy atom. The molecule has 0 atom stereocenters. The van der Waals surface area contributed by atoms with Crippen molar-refractivity contribution in [3.63, 3.8) is 0 Å². The third kappa shape index (κ3) is 7.38. The number of nitrogens with one attached hydrogen (secondary N) is 1. The molecule has 1 N–H and O–H groups in total. The van der Waals surface area contributed by atoms with Gasteiger partial charge in [0.05, 0.1) is 23.3 Å². The molecule has 0 aliphatic carbocycles. The quantitative estimate of drug-likeness (QED) is 0.768. The fourth-order valence-electron chi connectivity index (χ4n) is 2.16. The van der Waals surface area contributed by atoms with Gasteiger partial charge in [-0.05, 0) is 31.1 Å². The minimum absolute atomic E-state index is 0. The Balaban J connectivity index is 0.00000200. The average molecular weight is 376 g/mol. The standard InChI is InChI=1S/C14H20Cl2N2O.2ClH/c15-13-4-1-3-12(14(13)16)11-17-5-2-6-18-7-9-19-10-8-18;;/h1,3-4,17H,2,5-11H2;2*1H. The van der Waals surface area contributed by atoms with Gasteiger partial charge in [-0.2, -0.15) is 0 Å².